The van der Waals surface area contributed by atoms with Gasteiger partial charge in [0.2, 0.25) is 0 Å². The molecular formula is C9H10N2O. The molecular weight excluding hydrogens is 152 g/mol. The predicted molar refractivity (Wildman–Crippen MR) is 46.6 cm³/mol. The summed E-state index contributed by atoms with van der Waals surface area (Å²) < 4.78 is 0. The number of rotatable bonds is 1. The molecule has 0 saturated carbocycles. The van der Waals surface area contributed by atoms with Gasteiger partial charge in [0.25, 0.3) is 0 Å². The molecule has 1 aliphatic rings. The van der Waals surface area contributed by atoms with Crippen molar-refractivity contribution in [3.8, 4) is 0 Å². The van der Waals surface area contributed by atoms with Gasteiger partial charge in [0, 0.05) is 5.56 Å². The first kappa shape index (κ1) is 7.31. The molecule has 12 heavy (non-hydrogen) atoms. The minimum absolute atomic E-state index is 0.927. The normalized spacial score (nSPS) is 17.9. The third-order valence-electron chi connectivity index (χ3n) is 2.12. The lowest BCUT2D eigenvalue weighted by Gasteiger charge is -1.96. The summed E-state index contributed by atoms with van der Waals surface area (Å²) in [6.07, 6.45) is 1.97. The molecule has 0 unspecified atom stereocenters. The van der Waals surface area contributed by atoms with Crippen LogP contribution in [0.3, 0.4) is 0 Å². The second-order valence-electron chi connectivity index (χ2n) is 2.80. The van der Waals surface area contributed by atoms with Gasteiger partial charge in [0.1, 0.15) is 0 Å². The summed E-state index contributed by atoms with van der Waals surface area (Å²) in [4.78, 5) is 4.27. The zero-order valence-corrected chi connectivity index (χ0v) is 6.66. The lowest BCUT2D eigenvalue weighted by atomic mass is 10.1. The molecule has 0 heterocycles. The van der Waals surface area contributed by atoms with Crippen LogP contribution >= 0.6 is 0 Å². The highest BCUT2D eigenvalue weighted by Crippen LogP contribution is 2.21. The van der Waals surface area contributed by atoms with Crippen LogP contribution in [0.4, 0.5) is 0 Å². The van der Waals surface area contributed by atoms with Crippen molar-refractivity contribution in [1.82, 2.24) is 0 Å². The largest absolute Gasteiger partial charge is 0.302 e. The summed E-state index contributed by atoms with van der Waals surface area (Å²) in [6.45, 7) is 0. The fraction of sp³-hybridized carbons (Fsp3) is 0.222. The molecule has 0 spiro atoms. The average Bonchev–Trinajstić information content (AvgIpc) is 2.50. The Balaban J connectivity index is 2.43. The van der Waals surface area contributed by atoms with Crippen molar-refractivity contribution in [2.75, 3.05) is 0 Å². The Morgan fingerprint density at radius 1 is 1.25 bits per heavy atom. The Morgan fingerprint density at radius 2 is 2.08 bits per heavy atom. The highest BCUT2D eigenvalue weighted by atomic mass is 16.7. The minimum Gasteiger partial charge on any atom is -0.302 e. The molecule has 62 valence electrons. The van der Waals surface area contributed by atoms with Crippen molar-refractivity contribution >= 4 is 5.71 Å². The smallest absolute Gasteiger partial charge is 0.0900 e. The van der Waals surface area contributed by atoms with Crippen LogP contribution in [0.5, 0.6) is 0 Å². The molecule has 0 amide bonds. The topological polar surface area (TPSA) is 47.6 Å². The molecule has 0 fully saturated rings. The van der Waals surface area contributed by atoms with E-state index in [9.17, 15) is 0 Å². The Hall–Kier alpha value is -1.35. The number of nitrogens with zero attached hydrogens (tertiary/aromatic N) is 1. The van der Waals surface area contributed by atoms with E-state index < -0.39 is 0 Å². The van der Waals surface area contributed by atoms with E-state index in [1.807, 2.05) is 18.2 Å². The van der Waals surface area contributed by atoms with E-state index in [-0.39, 0.29) is 0 Å². The molecule has 1 aromatic rings. The van der Waals surface area contributed by atoms with Gasteiger partial charge in [-0.15, -0.1) is 5.90 Å². The van der Waals surface area contributed by atoms with Gasteiger partial charge in [0.15, 0.2) is 0 Å². The van der Waals surface area contributed by atoms with Crippen LogP contribution < -0.4 is 5.90 Å². The van der Waals surface area contributed by atoms with E-state index in [4.69, 9.17) is 5.90 Å². The van der Waals surface area contributed by atoms with Gasteiger partial charge in [-0.2, -0.15) is 0 Å². The average molecular weight is 162 g/mol. The van der Waals surface area contributed by atoms with Gasteiger partial charge in [-0.05, 0) is 18.4 Å². The molecule has 0 saturated heterocycles. The highest BCUT2D eigenvalue weighted by molar-refractivity contribution is 6.04. The van der Waals surface area contributed by atoms with E-state index >= 15 is 0 Å². The zero-order valence-electron chi connectivity index (χ0n) is 6.66. The van der Waals surface area contributed by atoms with Crippen molar-refractivity contribution < 1.29 is 4.94 Å². The maximum absolute atomic E-state index is 4.88. The van der Waals surface area contributed by atoms with E-state index in [1.54, 1.807) is 0 Å². The SMILES string of the molecule is NO/N=C1/CCc2ccccc21. The van der Waals surface area contributed by atoms with Crippen LogP contribution in [0.15, 0.2) is 29.4 Å². The van der Waals surface area contributed by atoms with Crippen LogP contribution in [-0.2, 0) is 11.4 Å². The summed E-state index contributed by atoms with van der Waals surface area (Å²) in [5.41, 5.74) is 3.45. The van der Waals surface area contributed by atoms with Gasteiger partial charge >= 0.3 is 0 Å². The number of nitrogens with two attached hydrogens (primary N) is 1. The molecule has 0 aliphatic heterocycles. The third-order valence-corrected chi connectivity index (χ3v) is 2.12. The van der Waals surface area contributed by atoms with Crippen molar-refractivity contribution in [2.24, 2.45) is 11.1 Å². The summed E-state index contributed by atoms with van der Waals surface area (Å²) in [5.74, 6) is 4.88. The molecule has 2 N–H and O–H groups in total. The van der Waals surface area contributed by atoms with E-state index in [0.29, 0.717) is 0 Å². The Morgan fingerprint density at radius 3 is 2.92 bits per heavy atom. The van der Waals surface area contributed by atoms with Crippen LogP contribution in [0.25, 0.3) is 0 Å². The van der Waals surface area contributed by atoms with Crippen molar-refractivity contribution in [1.29, 1.82) is 0 Å². The molecule has 3 heteroatoms. The summed E-state index contributed by atoms with van der Waals surface area (Å²) in [5, 5.41) is 3.76. The molecule has 0 aromatic heterocycles. The van der Waals surface area contributed by atoms with E-state index in [1.165, 1.54) is 11.1 Å². The van der Waals surface area contributed by atoms with Crippen LogP contribution in [0.1, 0.15) is 17.5 Å². The van der Waals surface area contributed by atoms with E-state index in [2.05, 4.69) is 16.2 Å². The second kappa shape index (κ2) is 2.95. The Bertz CT molecular complexity index is 320. The first-order valence-corrected chi connectivity index (χ1v) is 3.93. The quantitative estimate of drug-likeness (QED) is 0.631. The molecule has 1 aromatic carbocycles. The maximum Gasteiger partial charge on any atom is 0.0900 e. The van der Waals surface area contributed by atoms with Gasteiger partial charge < -0.3 is 4.94 Å². The molecule has 2 rings (SSSR count). The molecule has 3 nitrogen and oxygen atoms in total. The molecule has 0 bridgehead atoms. The minimum atomic E-state index is 0.927. The summed E-state index contributed by atoms with van der Waals surface area (Å²) in [6, 6.07) is 8.18. The van der Waals surface area contributed by atoms with Gasteiger partial charge in [-0.1, -0.05) is 29.4 Å². The first-order chi connectivity index (χ1) is 5.92. The number of aryl methyl sites for hydroxylation is 1. The number of benzene rings is 1. The number of hydrogen-bond donors (Lipinski definition) is 1. The lowest BCUT2D eigenvalue weighted by molar-refractivity contribution is 0.148. The number of hydrogen-bond acceptors (Lipinski definition) is 3. The fourth-order valence-electron chi connectivity index (χ4n) is 1.57. The summed E-state index contributed by atoms with van der Waals surface area (Å²) >= 11 is 0. The predicted octanol–water partition coefficient (Wildman–Crippen LogP) is 1.23. The third kappa shape index (κ3) is 1.08. The van der Waals surface area contributed by atoms with Gasteiger partial charge in [-0.3, -0.25) is 0 Å². The highest BCUT2D eigenvalue weighted by Gasteiger charge is 2.16. The molecule has 0 radical (unpaired) electrons. The van der Waals surface area contributed by atoms with Crippen LogP contribution in [0.2, 0.25) is 0 Å². The molecule has 1 aliphatic carbocycles. The maximum atomic E-state index is 4.88. The lowest BCUT2D eigenvalue weighted by Crippen LogP contribution is -1.99. The first-order valence-electron chi connectivity index (χ1n) is 3.93. The van der Waals surface area contributed by atoms with E-state index in [0.717, 1.165) is 18.6 Å². The Kier molecular flexibility index (Phi) is 1.80. The monoisotopic (exact) mass is 162 g/mol. The fourth-order valence-corrected chi connectivity index (χ4v) is 1.57. The van der Waals surface area contributed by atoms with Crippen molar-refractivity contribution in [3.63, 3.8) is 0 Å². The zero-order chi connectivity index (χ0) is 8.39. The van der Waals surface area contributed by atoms with Crippen LogP contribution in [-0.4, -0.2) is 5.71 Å². The Labute approximate surface area is 70.8 Å². The summed E-state index contributed by atoms with van der Waals surface area (Å²) in [7, 11) is 0. The molecule has 0 atom stereocenters. The van der Waals surface area contributed by atoms with Crippen LogP contribution in [0, 0.1) is 0 Å². The van der Waals surface area contributed by atoms with Crippen molar-refractivity contribution in [3.05, 3.63) is 35.4 Å². The number of fused-ring (bicyclic) bond motifs is 1. The van der Waals surface area contributed by atoms with Gasteiger partial charge in [0.05, 0.1) is 5.71 Å². The second-order valence-corrected chi connectivity index (χ2v) is 2.80. The van der Waals surface area contributed by atoms with Crippen molar-refractivity contribution in [2.45, 2.75) is 12.8 Å². The standard InChI is InChI=1S/C9H10N2O/c10-12-11-9-6-5-7-3-1-2-4-8(7)9/h1-4H,5-6,10H2/b11-9-. The van der Waals surface area contributed by atoms with Gasteiger partial charge in [-0.25, -0.2) is 0 Å². The number of oxime groups is 1.